The van der Waals surface area contributed by atoms with Crippen LogP contribution in [0.4, 0.5) is 4.79 Å². The van der Waals surface area contributed by atoms with Gasteiger partial charge in [-0.2, -0.15) is 11.8 Å². The Kier molecular flexibility index (Phi) is 8.40. The number of thioether (sulfide) groups is 1. The van der Waals surface area contributed by atoms with Crippen LogP contribution in [0.5, 0.6) is 0 Å². The van der Waals surface area contributed by atoms with Gasteiger partial charge in [-0.15, -0.1) is 0 Å². The number of rotatable bonds is 7. The van der Waals surface area contributed by atoms with Crippen LogP contribution in [0.15, 0.2) is 42.5 Å². The molecule has 1 aromatic carbocycles. The summed E-state index contributed by atoms with van der Waals surface area (Å²) in [6, 6.07) is 10.00. The maximum absolute atomic E-state index is 12.6. The molecule has 0 saturated heterocycles. The molecule has 4 heteroatoms. The number of amides is 1. The Bertz CT molecular complexity index is 520. The lowest BCUT2D eigenvalue weighted by Gasteiger charge is -2.30. The number of hydrogen-bond donors (Lipinski definition) is 0. The molecule has 0 aliphatic heterocycles. The molecule has 0 aliphatic carbocycles. The average molecular weight is 350 g/mol. The van der Waals surface area contributed by atoms with Crippen LogP contribution in [0.1, 0.15) is 47.1 Å². The van der Waals surface area contributed by atoms with Crippen LogP contribution in [-0.2, 0) is 11.3 Å². The number of carbonyl (C=O) groups is 1. The van der Waals surface area contributed by atoms with E-state index in [0.717, 1.165) is 11.3 Å². The van der Waals surface area contributed by atoms with Crippen molar-refractivity contribution in [2.24, 2.45) is 0 Å². The highest BCUT2D eigenvalue weighted by Crippen LogP contribution is 2.16. The third kappa shape index (κ3) is 8.44. The minimum absolute atomic E-state index is 0.0205. The number of ether oxygens (including phenoxy) is 1. The fourth-order valence-corrected chi connectivity index (χ4v) is 2.69. The lowest BCUT2D eigenvalue weighted by molar-refractivity contribution is 0.0193. The first kappa shape index (κ1) is 20.6. The molecular formula is C20H31NO2S. The topological polar surface area (TPSA) is 29.5 Å². The highest BCUT2D eigenvalue weighted by Gasteiger charge is 2.25. The molecule has 1 rings (SSSR count). The predicted octanol–water partition coefficient (Wildman–Crippen LogP) is 5.51. The highest BCUT2D eigenvalue weighted by molar-refractivity contribution is 7.99. The Morgan fingerprint density at radius 3 is 2.38 bits per heavy atom. The van der Waals surface area contributed by atoms with E-state index in [-0.39, 0.29) is 12.1 Å². The lowest BCUT2D eigenvalue weighted by Crippen LogP contribution is -2.41. The van der Waals surface area contributed by atoms with E-state index in [2.05, 4.69) is 26.0 Å². The van der Waals surface area contributed by atoms with Crippen molar-refractivity contribution in [3.05, 3.63) is 48.0 Å². The Hall–Kier alpha value is -1.42. The van der Waals surface area contributed by atoms with Gasteiger partial charge < -0.3 is 4.74 Å². The van der Waals surface area contributed by atoms with Gasteiger partial charge in [0.1, 0.15) is 5.60 Å². The van der Waals surface area contributed by atoms with Gasteiger partial charge in [-0.05, 0) is 38.5 Å². The summed E-state index contributed by atoms with van der Waals surface area (Å²) in [6.45, 7) is 12.6. The zero-order chi connectivity index (χ0) is 18.2. The summed E-state index contributed by atoms with van der Waals surface area (Å²) in [5.41, 5.74) is 0.600. The molecule has 0 saturated carbocycles. The largest absolute Gasteiger partial charge is 0.444 e. The molecule has 1 atom stereocenters. The van der Waals surface area contributed by atoms with Crippen LogP contribution >= 0.6 is 11.8 Å². The Labute approximate surface area is 151 Å². The van der Waals surface area contributed by atoms with Crippen molar-refractivity contribution in [3.63, 3.8) is 0 Å². The fourth-order valence-electron chi connectivity index (χ4n) is 2.08. The molecule has 0 bridgehead atoms. The normalized spacial score (nSPS) is 13.3. The summed E-state index contributed by atoms with van der Waals surface area (Å²) < 4.78 is 5.59. The third-order valence-electron chi connectivity index (χ3n) is 3.26. The van der Waals surface area contributed by atoms with Crippen LogP contribution in [0, 0.1) is 0 Å². The van der Waals surface area contributed by atoms with E-state index in [0.29, 0.717) is 11.8 Å². The van der Waals surface area contributed by atoms with E-state index >= 15 is 0 Å². The number of carbonyl (C=O) groups excluding carboxylic acids is 1. The number of nitrogens with zero attached hydrogens (tertiary/aromatic N) is 1. The third-order valence-corrected chi connectivity index (χ3v) is 4.31. The van der Waals surface area contributed by atoms with Gasteiger partial charge >= 0.3 is 6.09 Å². The van der Waals surface area contributed by atoms with Gasteiger partial charge in [-0.25, -0.2) is 4.79 Å². The first-order valence-corrected chi connectivity index (χ1v) is 9.55. The molecule has 0 spiro atoms. The van der Waals surface area contributed by atoms with Crippen molar-refractivity contribution in [1.29, 1.82) is 0 Å². The molecule has 0 aliphatic rings. The van der Waals surface area contributed by atoms with Gasteiger partial charge in [0.15, 0.2) is 0 Å². The van der Waals surface area contributed by atoms with E-state index in [4.69, 9.17) is 4.74 Å². The summed E-state index contributed by atoms with van der Waals surface area (Å²) in [6.07, 6.45) is 3.94. The van der Waals surface area contributed by atoms with Crippen molar-refractivity contribution in [1.82, 2.24) is 4.90 Å². The molecule has 1 amide bonds. The molecule has 0 radical (unpaired) electrons. The zero-order valence-corrected chi connectivity index (χ0v) is 16.6. The van der Waals surface area contributed by atoms with E-state index in [1.165, 1.54) is 0 Å². The summed E-state index contributed by atoms with van der Waals surface area (Å²) >= 11 is 1.89. The van der Waals surface area contributed by atoms with Crippen molar-refractivity contribution in [2.45, 2.75) is 65.0 Å². The molecular weight excluding hydrogens is 318 g/mol. The summed E-state index contributed by atoms with van der Waals surface area (Å²) in [4.78, 5) is 14.4. The quantitative estimate of drug-likeness (QED) is 0.608. The van der Waals surface area contributed by atoms with Gasteiger partial charge in [0.2, 0.25) is 0 Å². The fraction of sp³-hybridized carbons (Fsp3) is 0.550. The molecule has 24 heavy (non-hydrogen) atoms. The van der Waals surface area contributed by atoms with Gasteiger partial charge in [0.25, 0.3) is 0 Å². The maximum Gasteiger partial charge on any atom is 0.411 e. The summed E-state index contributed by atoms with van der Waals surface area (Å²) in [7, 11) is 0. The van der Waals surface area contributed by atoms with Crippen LogP contribution in [0.2, 0.25) is 0 Å². The minimum atomic E-state index is -0.497. The van der Waals surface area contributed by atoms with Gasteiger partial charge in [-0.3, -0.25) is 4.90 Å². The maximum atomic E-state index is 12.6. The van der Waals surface area contributed by atoms with Crippen molar-refractivity contribution in [2.75, 3.05) is 5.75 Å². The molecule has 3 nitrogen and oxygen atoms in total. The monoisotopic (exact) mass is 349 g/mol. The smallest absolute Gasteiger partial charge is 0.411 e. The van der Waals surface area contributed by atoms with Crippen LogP contribution in [0.25, 0.3) is 0 Å². The predicted molar refractivity (Wildman–Crippen MR) is 104 cm³/mol. The lowest BCUT2D eigenvalue weighted by atomic mass is 10.1. The van der Waals surface area contributed by atoms with Crippen molar-refractivity contribution < 1.29 is 9.53 Å². The molecule has 134 valence electrons. The van der Waals surface area contributed by atoms with E-state index in [9.17, 15) is 4.79 Å². The summed E-state index contributed by atoms with van der Waals surface area (Å²) in [5, 5.41) is 0.608. The summed E-state index contributed by atoms with van der Waals surface area (Å²) in [5.74, 6) is 0.954. The van der Waals surface area contributed by atoms with Gasteiger partial charge in [0.05, 0.1) is 6.04 Å². The molecule has 0 aromatic heterocycles. The molecule has 1 aromatic rings. The van der Waals surface area contributed by atoms with Gasteiger partial charge in [0, 0.05) is 12.3 Å². The average Bonchev–Trinajstić information content (AvgIpc) is 2.48. The van der Waals surface area contributed by atoms with Gasteiger partial charge in [-0.1, -0.05) is 56.3 Å². The number of hydrogen-bond acceptors (Lipinski definition) is 3. The second-order valence-corrected chi connectivity index (χ2v) is 8.75. The molecule has 0 unspecified atom stereocenters. The van der Waals surface area contributed by atoms with E-state index < -0.39 is 5.60 Å². The second kappa shape index (κ2) is 9.77. The molecule has 0 fully saturated rings. The van der Waals surface area contributed by atoms with Crippen LogP contribution < -0.4 is 0 Å². The highest BCUT2D eigenvalue weighted by atomic mass is 32.2. The Morgan fingerprint density at radius 2 is 1.83 bits per heavy atom. The molecule has 0 heterocycles. The van der Waals surface area contributed by atoms with Crippen molar-refractivity contribution in [3.8, 4) is 0 Å². The van der Waals surface area contributed by atoms with E-state index in [1.54, 1.807) is 4.90 Å². The standard InChI is InChI=1S/C20H31NO2S/c1-16(2)24-14-10-11-17(3)21(19(22)23-20(4,5)6)15-18-12-8-7-9-13-18/h7-13,16-17H,14-15H2,1-6H3/b11-10+/t17-/m0/s1. The van der Waals surface area contributed by atoms with Crippen molar-refractivity contribution >= 4 is 17.9 Å². The Morgan fingerprint density at radius 1 is 1.21 bits per heavy atom. The minimum Gasteiger partial charge on any atom is -0.444 e. The zero-order valence-electron chi connectivity index (χ0n) is 15.8. The van der Waals surface area contributed by atoms with E-state index in [1.807, 2.05) is 69.8 Å². The Balaban J connectivity index is 2.81. The second-order valence-electron chi connectivity index (χ2n) is 7.14. The van der Waals surface area contributed by atoms with Crippen LogP contribution in [0.3, 0.4) is 0 Å². The first-order valence-electron chi connectivity index (χ1n) is 8.51. The SMILES string of the molecule is CC(C)SC/C=C/[C@H](C)N(Cc1ccccc1)C(=O)OC(C)(C)C. The van der Waals surface area contributed by atoms with Crippen LogP contribution in [-0.4, -0.2) is 33.6 Å². The first-order chi connectivity index (χ1) is 11.2. The number of benzene rings is 1. The molecule has 0 N–H and O–H groups in total.